The van der Waals surface area contributed by atoms with Crippen LogP contribution in [0.1, 0.15) is 11.9 Å². The molecule has 15 heavy (non-hydrogen) atoms. The number of rotatable bonds is 2. The van der Waals surface area contributed by atoms with Crippen molar-refractivity contribution in [2.24, 2.45) is 0 Å². The molecule has 1 aliphatic rings. The second-order valence-corrected chi connectivity index (χ2v) is 3.05. The number of nitrogens with one attached hydrogen (secondary N) is 1. The van der Waals surface area contributed by atoms with Gasteiger partial charge in [-0.1, -0.05) is 0 Å². The Morgan fingerprint density at radius 2 is 2.20 bits per heavy atom. The third-order valence-electron chi connectivity index (χ3n) is 2.09. The molecule has 6 nitrogen and oxygen atoms in total. The van der Waals surface area contributed by atoms with E-state index in [1.165, 1.54) is 13.2 Å². The molecule has 0 amide bonds. The summed E-state index contributed by atoms with van der Waals surface area (Å²) in [5.74, 6) is -0.144. The minimum Gasteiger partial charge on any atom is -0.503 e. The molecular formula is C9H11NO5. The molecule has 0 aliphatic carbocycles. The van der Waals surface area contributed by atoms with Crippen molar-refractivity contribution in [3.05, 3.63) is 22.0 Å². The lowest BCUT2D eigenvalue weighted by Crippen LogP contribution is -2.11. The van der Waals surface area contributed by atoms with Gasteiger partial charge in [0.05, 0.1) is 25.9 Å². The molecule has 0 radical (unpaired) electrons. The highest BCUT2D eigenvalue weighted by molar-refractivity contribution is 5.33. The molecule has 0 bridgehead atoms. The zero-order valence-corrected chi connectivity index (χ0v) is 8.15. The standard InChI is InChI=1S/C9H11NO5/c1-13-8-5(9-14-2-3-15-9)4-6(11)7(12)10-8/h4,9,11H,2-3H2,1H3,(H,10,12). The molecule has 82 valence electrons. The summed E-state index contributed by atoms with van der Waals surface area (Å²) >= 11 is 0. The van der Waals surface area contributed by atoms with Crippen molar-refractivity contribution in [3.63, 3.8) is 0 Å². The molecule has 0 atom stereocenters. The lowest BCUT2D eigenvalue weighted by atomic mass is 10.2. The molecule has 0 saturated carbocycles. The predicted molar refractivity (Wildman–Crippen MR) is 49.9 cm³/mol. The van der Waals surface area contributed by atoms with Gasteiger partial charge in [-0.25, -0.2) is 0 Å². The Balaban J connectivity index is 2.44. The van der Waals surface area contributed by atoms with Gasteiger partial charge >= 0.3 is 0 Å². The fraction of sp³-hybridized carbons (Fsp3) is 0.444. The van der Waals surface area contributed by atoms with E-state index in [9.17, 15) is 9.90 Å². The van der Waals surface area contributed by atoms with Crippen LogP contribution in [0.2, 0.25) is 0 Å². The van der Waals surface area contributed by atoms with Gasteiger partial charge in [0.25, 0.3) is 5.56 Å². The minimum atomic E-state index is -0.603. The van der Waals surface area contributed by atoms with Gasteiger partial charge in [-0.05, 0) is 6.07 Å². The van der Waals surface area contributed by atoms with Crippen LogP contribution in [0.4, 0.5) is 0 Å². The van der Waals surface area contributed by atoms with E-state index in [0.717, 1.165) is 0 Å². The van der Waals surface area contributed by atoms with Gasteiger partial charge < -0.3 is 19.3 Å². The number of hydrogen-bond acceptors (Lipinski definition) is 5. The lowest BCUT2D eigenvalue weighted by Gasteiger charge is -2.12. The van der Waals surface area contributed by atoms with Gasteiger partial charge in [-0.15, -0.1) is 0 Å². The van der Waals surface area contributed by atoms with Crippen molar-refractivity contribution >= 4 is 0 Å². The van der Waals surface area contributed by atoms with Gasteiger partial charge in [0, 0.05) is 0 Å². The van der Waals surface area contributed by atoms with E-state index in [2.05, 4.69) is 4.98 Å². The molecule has 0 unspecified atom stereocenters. The minimum absolute atomic E-state index is 0.240. The summed E-state index contributed by atoms with van der Waals surface area (Å²) in [5.41, 5.74) is -0.124. The van der Waals surface area contributed by atoms with Gasteiger partial charge in [0.15, 0.2) is 12.0 Å². The first-order valence-corrected chi connectivity index (χ1v) is 4.45. The van der Waals surface area contributed by atoms with E-state index >= 15 is 0 Å². The van der Waals surface area contributed by atoms with Crippen LogP contribution >= 0.6 is 0 Å². The fourth-order valence-electron chi connectivity index (χ4n) is 1.40. The van der Waals surface area contributed by atoms with Crippen LogP contribution in [0.5, 0.6) is 11.6 Å². The molecule has 0 aromatic carbocycles. The number of hydrogen-bond donors (Lipinski definition) is 2. The number of aromatic amines is 1. The van der Waals surface area contributed by atoms with Crippen molar-refractivity contribution < 1.29 is 19.3 Å². The van der Waals surface area contributed by atoms with Gasteiger partial charge in [-0.3, -0.25) is 9.78 Å². The summed E-state index contributed by atoms with van der Waals surface area (Å²) in [5, 5.41) is 9.27. The Morgan fingerprint density at radius 3 is 2.80 bits per heavy atom. The van der Waals surface area contributed by atoms with Crippen molar-refractivity contribution in [2.75, 3.05) is 20.3 Å². The van der Waals surface area contributed by atoms with E-state index < -0.39 is 11.8 Å². The second kappa shape index (κ2) is 3.92. The largest absolute Gasteiger partial charge is 0.503 e. The molecule has 2 N–H and O–H groups in total. The maximum atomic E-state index is 11.1. The molecule has 1 aromatic heterocycles. The highest BCUT2D eigenvalue weighted by atomic mass is 16.7. The Kier molecular flexibility index (Phi) is 2.61. The number of methoxy groups -OCH3 is 1. The van der Waals surface area contributed by atoms with Crippen molar-refractivity contribution in [1.82, 2.24) is 4.98 Å². The van der Waals surface area contributed by atoms with E-state index in [4.69, 9.17) is 14.2 Å². The number of aromatic nitrogens is 1. The van der Waals surface area contributed by atoms with Crippen LogP contribution < -0.4 is 10.3 Å². The number of ether oxygens (including phenoxy) is 3. The Labute approximate surface area is 85.4 Å². The monoisotopic (exact) mass is 213 g/mol. The number of pyridine rings is 1. The molecule has 1 aromatic rings. The molecule has 0 spiro atoms. The Bertz CT molecular complexity index is 407. The molecule has 1 fully saturated rings. The summed E-state index contributed by atoms with van der Waals surface area (Å²) in [4.78, 5) is 13.5. The number of aromatic hydroxyl groups is 1. The number of H-pyrrole nitrogens is 1. The smallest absolute Gasteiger partial charge is 0.292 e. The third-order valence-corrected chi connectivity index (χ3v) is 2.09. The molecule has 6 heteroatoms. The summed E-state index contributed by atoms with van der Waals surface area (Å²) in [6.07, 6.45) is -0.595. The third kappa shape index (κ3) is 1.81. The molecular weight excluding hydrogens is 202 g/mol. The molecule has 1 aliphatic heterocycles. The zero-order chi connectivity index (χ0) is 10.8. The van der Waals surface area contributed by atoms with E-state index in [0.29, 0.717) is 18.8 Å². The van der Waals surface area contributed by atoms with Gasteiger partial charge in [0.2, 0.25) is 5.88 Å². The van der Waals surface area contributed by atoms with Gasteiger partial charge in [-0.2, -0.15) is 0 Å². The predicted octanol–water partition coefficient (Wildman–Crippen LogP) is 0.135. The topological polar surface area (TPSA) is 80.8 Å². The quantitative estimate of drug-likeness (QED) is 0.730. The normalized spacial score (nSPS) is 16.9. The zero-order valence-electron chi connectivity index (χ0n) is 8.15. The summed E-state index contributed by atoms with van der Waals surface area (Å²) in [7, 11) is 1.42. The average molecular weight is 213 g/mol. The summed E-state index contributed by atoms with van der Waals surface area (Å²) in [6.45, 7) is 0.960. The molecule has 1 saturated heterocycles. The fourth-order valence-corrected chi connectivity index (χ4v) is 1.40. The maximum absolute atomic E-state index is 11.1. The van der Waals surface area contributed by atoms with E-state index in [1.807, 2.05) is 0 Å². The average Bonchev–Trinajstić information content (AvgIpc) is 2.74. The van der Waals surface area contributed by atoms with Crippen LogP contribution in [0.25, 0.3) is 0 Å². The van der Waals surface area contributed by atoms with Gasteiger partial charge in [0.1, 0.15) is 0 Å². The molecule has 2 heterocycles. The van der Waals surface area contributed by atoms with E-state index in [1.54, 1.807) is 0 Å². The first kappa shape index (κ1) is 10.0. The lowest BCUT2D eigenvalue weighted by molar-refractivity contribution is -0.0460. The highest BCUT2D eigenvalue weighted by Gasteiger charge is 2.23. The highest BCUT2D eigenvalue weighted by Crippen LogP contribution is 2.30. The van der Waals surface area contributed by atoms with Crippen molar-refractivity contribution in [1.29, 1.82) is 0 Å². The maximum Gasteiger partial charge on any atom is 0.292 e. The van der Waals surface area contributed by atoms with Crippen LogP contribution in [0.3, 0.4) is 0 Å². The van der Waals surface area contributed by atoms with Crippen molar-refractivity contribution in [3.8, 4) is 11.6 Å². The second-order valence-electron chi connectivity index (χ2n) is 3.05. The summed E-state index contributed by atoms with van der Waals surface area (Å²) in [6, 6.07) is 1.29. The van der Waals surface area contributed by atoms with Crippen molar-refractivity contribution in [2.45, 2.75) is 6.29 Å². The van der Waals surface area contributed by atoms with Crippen LogP contribution in [0.15, 0.2) is 10.9 Å². The first-order valence-electron chi connectivity index (χ1n) is 4.45. The Morgan fingerprint density at radius 1 is 1.53 bits per heavy atom. The SMILES string of the molecule is COc1[nH]c(=O)c(O)cc1C1OCCO1. The first-order chi connectivity index (χ1) is 7.22. The van der Waals surface area contributed by atoms with E-state index in [-0.39, 0.29) is 11.6 Å². The molecule has 2 rings (SSSR count). The van der Waals surface area contributed by atoms with Crippen LogP contribution in [-0.4, -0.2) is 30.4 Å². The van der Waals surface area contributed by atoms with Crippen LogP contribution in [0, 0.1) is 0 Å². The summed E-state index contributed by atoms with van der Waals surface area (Å²) < 4.78 is 15.4. The Hall–Kier alpha value is -1.53. The van der Waals surface area contributed by atoms with Crippen LogP contribution in [-0.2, 0) is 9.47 Å².